The van der Waals surface area contributed by atoms with Gasteiger partial charge in [0.1, 0.15) is 5.75 Å². The number of primary amides is 2. The number of anilines is 1. The lowest BCUT2D eigenvalue weighted by Gasteiger charge is -2.12. The van der Waals surface area contributed by atoms with Crippen molar-refractivity contribution in [3.8, 4) is 23.0 Å². The van der Waals surface area contributed by atoms with E-state index < -0.39 is 17.9 Å². The molecule has 2 amide bonds. The summed E-state index contributed by atoms with van der Waals surface area (Å²) in [5.41, 5.74) is 22.9. The van der Waals surface area contributed by atoms with E-state index in [1.807, 2.05) is 42.5 Å². The van der Waals surface area contributed by atoms with Gasteiger partial charge in [0, 0.05) is 0 Å². The van der Waals surface area contributed by atoms with Crippen molar-refractivity contribution in [3.63, 3.8) is 0 Å². The van der Waals surface area contributed by atoms with E-state index in [4.69, 9.17) is 41.9 Å². The summed E-state index contributed by atoms with van der Waals surface area (Å²) in [5, 5.41) is 0. The summed E-state index contributed by atoms with van der Waals surface area (Å²) in [5.74, 6) is 1.12. The zero-order valence-corrected chi connectivity index (χ0v) is 18.6. The number of ether oxygens (including phenoxy) is 4. The van der Waals surface area contributed by atoms with Crippen molar-refractivity contribution in [2.24, 2.45) is 17.2 Å². The Hall–Kier alpha value is -3.92. The molecular formula is C22H30N4O6. The van der Waals surface area contributed by atoms with Gasteiger partial charge in [-0.3, -0.25) is 9.59 Å². The predicted octanol–water partition coefficient (Wildman–Crippen LogP) is 1.15. The van der Waals surface area contributed by atoms with Gasteiger partial charge in [-0.25, -0.2) is 0 Å². The largest absolute Gasteiger partial charge is 0.495 e. The number of benzene rings is 2. The van der Waals surface area contributed by atoms with Gasteiger partial charge in [0.2, 0.25) is 17.6 Å². The lowest BCUT2D eigenvalue weighted by atomic mass is 10.1. The summed E-state index contributed by atoms with van der Waals surface area (Å²) < 4.78 is 21.2. The van der Waals surface area contributed by atoms with E-state index in [9.17, 15) is 9.59 Å². The Bertz CT molecular complexity index is 936. The summed E-state index contributed by atoms with van der Waals surface area (Å²) in [6, 6.07) is 8.44. The predicted molar refractivity (Wildman–Crippen MR) is 123 cm³/mol. The third kappa shape index (κ3) is 7.73. The molecule has 174 valence electrons. The molecule has 0 spiro atoms. The van der Waals surface area contributed by atoms with Gasteiger partial charge >= 0.3 is 0 Å². The fourth-order valence-corrected chi connectivity index (χ4v) is 2.56. The van der Waals surface area contributed by atoms with E-state index in [1.54, 1.807) is 28.4 Å². The highest BCUT2D eigenvalue weighted by molar-refractivity contribution is 5.86. The van der Waals surface area contributed by atoms with Gasteiger partial charge in [0.25, 0.3) is 0 Å². The van der Waals surface area contributed by atoms with Crippen LogP contribution in [-0.2, 0) is 9.59 Å². The summed E-state index contributed by atoms with van der Waals surface area (Å²) >= 11 is 0. The topological polar surface area (TPSA) is 175 Å². The number of amides is 2. The van der Waals surface area contributed by atoms with Gasteiger partial charge in [-0.05, 0) is 35.4 Å². The zero-order valence-electron chi connectivity index (χ0n) is 18.6. The number of hydrogen-bond acceptors (Lipinski definition) is 8. The molecule has 0 saturated carbocycles. The third-order valence-corrected chi connectivity index (χ3v) is 4.20. The second kappa shape index (κ2) is 12.7. The second-order valence-electron chi connectivity index (χ2n) is 6.47. The molecule has 0 aliphatic heterocycles. The van der Waals surface area contributed by atoms with Gasteiger partial charge in [-0.1, -0.05) is 18.2 Å². The van der Waals surface area contributed by atoms with E-state index in [0.29, 0.717) is 28.7 Å². The van der Waals surface area contributed by atoms with Crippen LogP contribution in [0.15, 0.2) is 30.3 Å². The molecule has 0 saturated heterocycles. The Kier molecular flexibility index (Phi) is 10.4. The lowest BCUT2D eigenvalue weighted by molar-refractivity contribution is -0.124. The molecule has 0 fully saturated rings. The van der Waals surface area contributed by atoms with Crippen molar-refractivity contribution in [1.82, 2.24) is 0 Å². The molecular weight excluding hydrogens is 416 g/mol. The van der Waals surface area contributed by atoms with Gasteiger partial charge in [0.15, 0.2) is 11.5 Å². The zero-order chi connectivity index (χ0) is 24.3. The Labute approximate surface area is 187 Å². The maximum Gasteiger partial charge on any atom is 0.234 e. The molecule has 2 rings (SSSR count). The smallest absolute Gasteiger partial charge is 0.234 e. The molecule has 10 heteroatoms. The van der Waals surface area contributed by atoms with Crippen molar-refractivity contribution in [3.05, 3.63) is 41.5 Å². The molecule has 32 heavy (non-hydrogen) atoms. The van der Waals surface area contributed by atoms with Crippen LogP contribution >= 0.6 is 0 Å². The number of carbonyl (C=O) groups excluding carboxylic acids is 2. The molecule has 0 heterocycles. The summed E-state index contributed by atoms with van der Waals surface area (Å²) in [4.78, 5) is 20.2. The molecule has 2 aromatic rings. The molecule has 0 bridgehead atoms. The van der Waals surface area contributed by atoms with Crippen molar-refractivity contribution in [2.45, 2.75) is 12.5 Å². The molecule has 2 aromatic carbocycles. The number of methoxy groups -OCH3 is 4. The minimum absolute atomic E-state index is 0.185. The maximum atomic E-state index is 10.1. The minimum atomic E-state index is -0.942. The van der Waals surface area contributed by atoms with E-state index in [-0.39, 0.29) is 6.42 Å². The van der Waals surface area contributed by atoms with Crippen molar-refractivity contribution in [1.29, 1.82) is 0 Å². The SMILES string of the molecule is COc1ccc(/C=C\c2cc(OC)c(OC)c(OC)c2)cc1N.NC(=O)C[C@@H](N)C(N)=O. The first-order valence-electron chi connectivity index (χ1n) is 9.41. The number of rotatable bonds is 9. The van der Waals surface area contributed by atoms with Gasteiger partial charge in [0.05, 0.1) is 46.6 Å². The maximum absolute atomic E-state index is 10.1. The summed E-state index contributed by atoms with van der Waals surface area (Å²) in [7, 11) is 6.36. The quantitative estimate of drug-likeness (QED) is 0.327. The van der Waals surface area contributed by atoms with Crippen molar-refractivity contribution in [2.75, 3.05) is 34.2 Å². The van der Waals surface area contributed by atoms with Gasteiger partial charge in [-0.2, -0.15) is 0 Å². The highest BCUT2D eigenvalue weighted by Crippen LogP contribution is 2.38. The van der Waals surface area contributed by atoms with Crippen LogP contribution in [0.3, 0.4) is 0 Å². The van der Waals surface area contributed by atoms with Crippen LogP contribution in [0.1, 0.15) is 17.5 Å². The van der Waals surface area contributed by atoms with Crippen LogP contribution in [0.4, 0.5) is 5.69 Å². The summed E-state index contributed by atoms with van der Waals surface area (Å²) in [6.45, 7) is 0. The molecule has 0 aliphatic rings. The normalized spacial score (nSPS) is 11.2. The monoisotopic (exact) mass is 446 g/mol. The fourth-order valence-electron chi connectivity index (χ4n) is 2.56. The first-order valence-corrected chi connectivity index (χ1v) is 9.41. The first kappa shape index (κ1) is 26.1. The second-order valence-corrected chi connectivity index (χ2v) is 6.47. The van der Waals surface area contributed by atoms with Crippen molar-refractivity contribution < 1.29 is 28.5 Å². The third-order valence-electron chi connectivity index (χ3n) is 4.20. The van der Waals surface area contributed by atoms with Crippen LogP contribution in [0.2, 0.25) is 0 Å². The highest BCUT2D eigenvalue weighted by atomic mass is 16.5. The lowest BCUT2D eigenvalue weighted by Crippen LogP contribution is -2.39. The van der Waals surface area contributed by atoms with E-state index in [0.717, 1.165) is 11.1 Å². The average molecular weight is 447 g/mol. The Morgan fingerprint density at radius 1 is 0.844 bits per heavy atom. The van der Waals surface area contributed by atoms with E-state index in [2.05, 4.69) is 0 Å². The molecule has 10 nitrogen and oxygen atoms in total. The van der Waals surface area contributed by atoms with Crippen LogP contribution in [0.5, 0.6) is 23.0 Å². The van der Waals surface area contributed by atoms with Gasteiger partial charge < -0.3 is 41.9 Å². The average Bonchev–Trinajstić information content (AvgIpc) is 2.76. The molecule has 0 aromatic heterocycles. The number of hydrogen-bond donors (Lipinski definition) is 4. The number of carbonyl (C=O) groups is 2. The first-order chi connectivity index (χ1) is 15.2. The van der Waals surface area contributed by atoms with Crippen molar-refractivity contribution >= 4 is 29.7 Å². The fraction of sp³-hybridized carbons (Fsp3) is 0.273. The van der Waals surface area contributed by atoms with Gasteiger partial charge in [-0.15, -0.1) is 0 Å². The van der Waals surface area contributed by atoms with Crippen LogP contribution in [0.25, 0.3) is 12.2 Å². The van der Waals surface area contributed by atoms with Crippen LogP contribution in [0, 0.1) is 0 Å². The Balaban J connectivity index is 0.000000482. The molecule has 0 aliphatic carbocycles. The van der Waals surface area contributed by atoms with E-state index >= 15 is 0 Å². The summed E-state index contributed by atoms with van der Waals surface area (Å²) in [6.07, 6.45) is 3.72. The molecule has 1 atom stereocenters. The van der Waals surface area contributed by atoms with Crippen LogP contribution in [-0.4, -0.2) is 46.3 Å². The molecule has 0 unspecified atom stereocenters. The molecule has 0 radical (unpaired) electrons. The van der Waals surface area contributed by atoms with E-state index in [1.165, 1.54) is 0 Å². The standard InChI is InChI=1S/C18H21NO4.C4H9N3O2/c1-20-15-8-7-12(9-14(15)19)5-6-13-10-16(21-2)18(23-4)17(11-13)22-3;5-2(4(7)9)1-3(6)8/h5-11H,19H2,1-4H3;2H,1,5H2,(H2,6,8)(H2,7,9)/b6-5-;/t;2-/m.1/s1. The minimum Gasteiger partial charge on any atom is -0.495 e. The Morgan fingerprint density at radius 2 is 1.38 bits per heavy atom. The molecule has 8 N–H and O–H groups in total. The number of nitrogens with two attached hydrogens (primary N) is 4. The van der Waals surface area contributed by atoms with Crippen LogP contribution < -0.4 is 41.9 Å². The number of nitrogen functional groups attached to an aromatic ring is 1. The highest BCUT2D eigenvalue weighted by Gasteiger charge is 2.12. The Morgan fingerprint density at radius 3 is 1.75 bits per heavy atom.